The number of halogens is 3. The maximum atomic E-state index is 12.5. The average molecular weight is 257 g/mol. The molecular weight excluding hydrogens is 239 g/mol. The third-order valence-electron chi connectivity index (χ3n) is 3.48. The molecule has 4 heteroatoms. The number of alkyl halides is 3. The van der Waals surface area contributed by atoms with Crippen molar-refractivity contribution in [3.63, 3.8) is 0 Å². The first-order chi connectivity index (χ1) is 8.54. The third kappa shape index (κ3) is 4.02. The van der Waals surface area contributed by atoms with Crippen LogP contribution in [0.2, 0.25) is 0 Å². The van der Waals surface area contributed by atoms with Gasteiger partial charge in [0, 0.05) is 0 Å². The van der Waals surface area contributed by atoms with Crippen LogP contribution in [-0.2, 0) is 12.8 Å². The van der Waals surface area contributed by atoms with Crippen molar-refractivity contribution in [3.8, 4) is 0 Å². The fraction of sp³-hybridized carbons (Fsp3) is 0.571. The molecule has 0 unspecified atom stereocenters. The zero-order valence-electron chi connectivity index (χ0n) is 10.3. The van der Waals surface area contributed by atoms with Crippen LogP contribution in [0.3, 0.4) is 0 Å². The summed E-state index contributed by atoms with van der Waals surface area (Å²) in [4.78, 5) is 0. The lowest BCUT2D eigenvalue weighted by Gasteiger charge is -2.23. The van der Waals surface area contributed by atoms with Gasteiger partial charge in [-0.15, -0.1) is 0 Å². The van der Waals surface area contributed by atoms with E-state index in [4.69, 9.17) is 0 Å². The van der Waals surface area contributed by atoms with Crippen LogP contribution in [0.5, 0.6) is 0 Å². The maximum Gasteiger partial charge on any atom is 0.393 e. The van der Waals surface area contributed by atoms with E-state index in [2.05, 4.69) is 5.32 Å². The predicted octanol–water partition coefficient (Wildman–Crippen LogP) is 3.33. The summed E-state index contributed by atoms with van der Waals surface area (Å²) in [5.74, 6) is 0.514. The minimum absolute atomic E-state index is 0.434. The summed E-state index contributed by atoms with van der Waals surface area (Å²) in [6, 6.07) is 6.95. The summed E-state index contributed by atoms with van der Waals surface area (Å²) in [5.41, 5.74) is 1.30. The van der Waals surface area contributed by atoms with E-state index in [1.165, 1.54) is 0 Å². The van der Waals surface area contributed by atoms with Gasteiger partial charge in [-0.1, -0.05) is 24.3 Å². The molecule has 1 nitrogen and oxygen atoms in total. The number of piperidine rings is 1. The molecule has 0 radical (unpaired) electrons. The van der Waals surface area contributed by atoms with E-state index in [0.717, 1.165) is 37.9 Å². The SMILES string of the molecule is FC(F)(F)Cc1ccccc1CC1CCNCC1. The van der Waals surface area contributed by atoms with Crippen LogP contribution in [-0.4, -0.2) is 19.3 Å². The molecule has 100 valence electrons. The standard InChI is InChI=1S/C14H18F3N/c15-14(16,17)10-13-4-2-1-3-12(13)9-11-5-7-18-8-6-11/h1-4,11,18H,5-10H2. The van der Waals surface area contributed by atoms with Gasteiger partial charge in [0.2, 0.25) is 0 Å². The van der Waals surface area contributed by atoms with Gasteiger partial charge in [0.1, 0.15) is 0 Å². The number of benzene rings is 1. The van der Waals surface area contributed by atoms with Crippen LogP contribution < -0.4 is 5.32 Å². The van der Waals surface area contributed by atoms with E-state index < -0.39 is 12.6 Å². The van der Waals surface area contributed by atoms with Gasteiger partial charge < -0.3 is 5.32 Å². The second-order valence-corrected chi connectivity index (χ2v) is 4.96. The highest BCUT2D eigenvalue weighted by Gasteiger charge is 2.29. The second-order valence-electron chi connectivity index (χ2n) is 4.96. The molecule has 1 aromatic carbocycles. The van der Waals surface area contributed by atoms with Crippen molar-refractivity contribution in [2.45, 2.75) is 31.9 Å². The third-order valence-corrected chi connectivity index (χ3v) is 3.48. The Kier molecular flexibility index (Phi) is 4.27. The van der Waals surface area contributed by atoms with Crippen LogP contribution in [0.15, 0.2) is 24.3 Å². The number of hydrogen-bond acceptors (Lipinski definition) is 1. The van der Waals surface area contributed by atoms with Crippen molar-refractivity contribution in [2.24, 2.45) is 5.92 Å². The normalized spacial score (nSPS) is 17.9. The van der Waals surface area contributed by atoms with Crippen LogP contribution in [0.25, 0.3) is 0 Å². The van der Waals surface area contributed by atoms with Crippen LogP contribution in [0.4, 0.5) is 13.2 Å². The zero-order valence-corrected chi connectivity index (χ0v) is 10.3. The molecule has 1 aliphatic heterocycles. The Labute approximate surface area is 105 Å². The topological polar surface area (TPSA) is 12.0 Å². The van der Waals surface area contributed by atoms with Gasteiger partial charge in [0.15, 0.2) is 0 Å². The Hall–Kier alpha value is -1.03. The van der Waals surface area contributed by atoms with Gasteiger partial charge >= 0.3 is 6.18 Å². The van der Waals surface area contributed by atoms with Gasteiger partial charge in [0.25, 0.3) is 0 Å². The summed E-state index contributed by atoms with van der Waals surface area (Å²) in [6.07, 6.45) is -2.05. The molecule has 1 saturated heterocycles. The lowest BCUT2D eigenvalue weighted by atomic mass is 9.88. The van der Waals surface area contributed by atoms with Crippen molar-refractivity contribution in [1.29, 1.82) is 0 Å². The fourth-order valence-electron chi connectivity index (χ4n) is 2.54. The van der Waals surface area contributed by atoms with Gasteiger partial charge in [-0.2, -0.15) is 13.2 Å². The highest BCUT2D eigenvalue weighted by atomic mass is 19.4. The van der Waals surface area contributed by atoms with Gasteiger partial charge in [-0.05, 0) is 49.4 Å². The largest absolute Gasteiger partial charge is 0.393 e. The monoisotopic (exact) mass is 257 g/mol. The molecule has 0 bridgehead atoms. The highest BCUT2D eigenvalue weighted by molar-refractivity contribution is 5.28. The Bertz CT molecular complexity index is 381. The molecule has 0 spiro atoms. The molecule has 0 amide bonds. The molecule has 1 N–H and O–H groups in total. The van der Waals surface area contributed by atoms with Crippen molar-refractivity contribution in [1.82, 2.24) is 5.32 Å². The molecule has 2 rings (SSSR count). The Morgan fingerprint density at radius 1 is 1.06 bits per heavy atom. The van der Waals surface area contributed by atoms with Crippen molar-refractivity contribution < 1.29 is 13.2 Å². The number of hydrogen-bond donors (Lipinski definition) is 1. The molecule has 1 heterocycles. The summed E-state index contributed by atoms with van der Waals surface area (Å²) < 4.78 is 37.5. The van der Waals surface area contributed by atoms with Gasteiger partial charge in [0.05, 0.1) is 6.42 Å². The minimum atomic E-state index is -4.12. The van der Waals surface area contributed by atoms with Crippen molar-refractivity contribution >= 4 is 0 Å². The Morgan fingerprint density at radius 2 is 1.67 bits per heavy atom. The molecule has 0 aromatic heterocycles. The zero-order chi connectivity index (χ0) is 13.0. The summed E-state index contributed by atoms with van der Waals surface area (Å²) >= 11 is 0. The van der Waals surface area contributed by atoms with Crippen molar-refractivity contribution in [3.05, 3.63) is 35.4 Å². The molecule has 1 aromatic rings. The lowest BCUT2D eigenvalue weighted by molar-refractivity contribution is -0.127. The van der Waals surface area contributed by atoms with Crippen LogP contribution >= 0.6 is 0 Å². The van der Waals surface area contributed by atoms with E-state index in [1.807, 2.05) is 12.1 Å². The maximum absolute atomic E-state index is 12.5. The molecule has 0 atom stereocenters. The molecule has 18 heavy (non-hydrogen) atoms. The van der Waals surface area contributed by atoms with Gasteiger partial charge in [-0.25, -0.2) is 0 Å². The van der Waals surface area contributed by atoms with E-state index in [-0.39, 0.29) is 0 Å². The highest BCUT2D eigenvalue weighted by Crippen LogP contribution is 2.26. The lowest BCUT2D eigenvalue weighted by Crippen LogP contribution is -2.29. The number of nitrogens with one attached hydrogen (secondary N) is 1. The molecule has 0 aliphatic carbocycles. The first-order valence-electron chi connectivity index (χ1n) is 6.39. The summed E-state index contributed by atoms with van der Waals surface area (Å²) in [6.45, 7) is 1.96. The first kappa shape index (κ1) is 13.4. The predicted molar refractivity (Wildman–Crippen MR) is 65.5 cm³/mol. The smallest absolute Gasteiger partial charge is 0.317 e. The first-order valence-corrected chi connectivity index (χ1v) is 6.39. The summed E-state index contributed by atoms with van der Waals surface area (Å²) in [7, 11) is 0. The van der Waals surface area contributed by atoms with Crippen molar-refractivity contribution in [2.75, 3.05) is 13.1 Å². The minimum Gasteiger partial charge on any atom is -0.317 e. The van der Waals surface area contributed by atoms with Crippen LogP contribution in [0.1, 0.15) is 24.0 Å². The van der Waals surface area contributed by atoms with Gasteiger partial charge in [-0.3, -0.25) is 0 Å². The molecular formula is C14H18F3N. The Morgan fingerprint density at radius 3 is 2.28 bits per heavy atom. The van der Waals surface area contributed by atoms with E-state index >= 15 is 0 Å². The molecule has 1 aliphatic rings. The van der Waals surface area contributed by atoms with Crippen LogP contribution in [0, 0.1) is 5.92 Å². The van der Waals surface area contributed by atoms with E-state index in [9.17, 15) is 13.2 Å². The fourth-order valence-corrected chi connectivity index (χ4v) is 2.54. The molecule has 1 fully saturated rings. The van der Waals surface area contributed by atoms with E-state index in [1.54, 1.807) is 12.1 Å². The molecule has 0 saturated carbocycles. The summed E-state index contributed by atoms with van der Waals surface area (Å²) in [5, 5.41) is 3.27. The van der Waals surface area contributed by atoms with E-state index in [0.29, 0.717) is 11.5 Å². The quantitative estimate of drug-likeness (QED) is 0.875. The number of rotatable bonds is 3. The second kappa shape index (κ2) is 5.74. The Balaban J connectivity index is 2.06. The average Bonchev–Trinajstić information content (AvgIpc) is 2.31.